The van der Waals surface area contributed by atoms with Crippen molar-refractivity contribution in [3.05, 3.63) is 71.7 Å². The molecule has 0 N–H and O–H groups in total. The fourth-order valence-corrected chi connectivity index (χ4v) is 4.31. The summed E-state index contributed by atoms with van der Waals surface area (Å²) in [7, 11) is -3.46. The molecular weight excluding hydrogens is 388 g/mol. The molecule has 1 aromatic carbocycles. The van der Waals surface area contributed by atoms with Crippen molar-refractivity contribution >= 4 is 21.9 Å². The molecule has 0 spiro atoms. The monoisotopic (exact) mass is 410 g/mol. The van der Waals surface area contributed by atoms with Crippen molar-refractivity contribution in [2.24, 2.45) is 0 Å². The predicted molar refractivity (Wildman–Crippen MR) is 112 cm³/mol. The van der Waals surface area contributed by atoms with Gasteiger partial charge in [0, 0.05) is 50.0 Å². The quantitative estimate of drug-likeness (QED) is 0.640. The van der Waals surface area contributed by atoms with Crippen LogP contribution in [0.2, 0.25) is 0 Å². The second kappa shape index (κ2) is 8.14. The van der Waals surface area contributed by atoms with Gasteiger partial charge in [0.2, 0.25) is 10.0 Å². The van der Waals surface area contributed by atoms with E-state index in [-0.39, 0.29) is 0 Å². The molecule has 29 heavy (non-hydrogen) atoms. The number of sulfonamides is 1. The van der Waals surface area contributed by atoms with Crippen LogP contribution in [0.15, 0.2) is 60.5 Å². The van der Waals surface area contributed by atoms with Crippen molar-refractivity contribution in [3.63, 3.8) is 0 Å². The Hall–Kier alpha value is -3.04. The summed E-state index contributed by atoms with van der Waals surface area (Å²) >= 11 is 0. The first-order chi connectivity index (χ1) is 14.0. The highest BCUT2D eigenvalue weighted by molar-refractivity contribution is 7.92. The highest BCUT2D eigenvalue weighted by atomic mass is 32.2. The summed E-state index contributed by atoms with van der Waals surface area (Å²) in [5.74, 6) is 1.44. The van der Waals surface area contributed by atoms with Crippen LogP contribution in [0.5, 0.6) is 0 Å². The van der Waals surface area contributed by atoms with Gasteiger partial charge in [0.15, 0.2) is 5.82 Å². The lowest BCUT2D eigenvalue weighted by molar-refractivity contribution is 0.389. The summed E-state index contributed by atoms with van der Waals surface area (Å²) in [6.07, 6.45) is 6.65. The molecule has 0 bridgehead atoms. The Bertz CT molecular complexity index is 1090. The third-order valence-corrected chi connectivity index (χ3v) is 6.37. The number of benzene rings is 1. The summed E-state index contributed by atoms with van der Waals surface area (Å²) in [5, 5.41) is 5.47. The molecule has 3 heterocycles. The maximum Gasteiger partial charge on any atom is 0.236 e. The Morgan fingerprint density at radius 2 is 1.72 bits per heavy atom. The SMILES string of the molecule is Cc1ccc(/C=C/S(=O)(=O)N2CCN(c3cc(-n4cccn4)ncn3)CC2)cc1. The van der Waals surface area contributed by atoms with E-state index in [0.717, 1.165) is 16.9 Å². The maximum absolute atomic E-state index is 12.7. The lowest BCUT2D eigenvalue weighted by Gasteiger charge is -2.34. The molecule has 0 unspecified atom stereocenters. The van der Waals surface area contributed by atoms with E-state index in [2.05, 4.69) is 20.0 Å². The molecule has 150 valence electrons. The minimum atomic E-state index is -3.46. The van der Waals surface area contributed by atoms with Crippen LogP contribution in [0.1, 0.15) is 11.1 Å². The molecule has 3 aromatic rings. The minimum absolute atomic E-state index is 0.404. The zero-order chi connectivity index (χ0) is 20.3. The fourth-order valence-electron chi connectivity index (χ4n) is 3.14. The van der Waals surface area contributed by atoms with Gasteiger partial charge in [-0.15, -0.1) is 0 Å². The van der Waals surface area contributed by atoms with Gasteiger partial charge in [-0.05, 0) is 24.6 Å². The molecule has 8 nitrogen and oxygen atoms in total. The van der Waals surface area contributed by atoms with Crippen molar-refractivity contribution < 1.29 is 8.42 Å². The third-order valence-electron chi connectivity index (χ3n) is 4.81. The molecule has 1 aliphatic heterocycles. The van der Waals surface area contributed by atoms with E-state index in [1.54, 1.807) is 17.0 Å². The van der Waals surface area contributed by atoms with Crippen LogP contribution < -0.4 is 4.90 Å². The molecule has 2 aromatic heterocycles. The zero-order valence-electron chi connectivity index (χ0n) is 16.1. The number of rotatable bonds is 5. The van der Waals surface area contributed by atoms with Crippen LogP contribution in [0, 0.1) is 6.92 Å². The van der Waals surface area contributed by atoms with E-state index in [1.165, 1.54) is 16.0 Å². The largest absolute Gasteiger partial charge is 0.354 e. The maximum atomic E-state index is 12.7. The molecular formula is C20H22N6O2S. The molecule has 9 heteroatoms. The highest BCUT2D eigenvalue weighted by Crippen LogP contribution is 2.18. The highest BCUT2D eigenvalue weighted by Gasteiger charge is 2.25. The standard InChI is InChI=1S/C20H22N6O2S/c1-17-3-5-18(6-4-17)7-14-29(27,28)25-12-10-24(11-13-25)19-15-20(22-16-21-19)26-9-2-8-23-26/h2-9,14-16H,10-13H2,1H3/b14-7+. The molecule has 1 saturated heterocycles. The normalized spacial score (nSPS) is 15.8. The summed E-state index contributed by atoms with van der Waals surface area (Å²) in [5.41, 5.74) is 2.01. The molecule has 1 fully saturated rings. The number of hydrogen-bond acceptors (Lipinski definition) is 6. The lowest BCUT2D eigenvalue weighted by Crippen LogP contribution is -2.48. The average Bonchev–Trinajstić information content (AvgIpc) is 3.29. The first-order valence-corrected chi connectivity index (χ1v) is 10.8. The number of anilines is 1. The van der Waals surface area contributed by atoms with E-state index < -0.39 is 10.0 Å². The Morgan fingerprint density at radius 3 is 2.41 bits per heavy atom. The molecule has 0 atom stereocenters. The smallest absolute Gasteiger partial charge is 0.236 e. The van der Waals surface area contributed by atoms with Gasteiger partial charge in [-0.2, -0.15) is 9.40 Å². The van der Waals surface area contributed by atoms with Crippen LogP contribution in [0.25, 0.3) is 11.9 Å². The minimum Gasteiger partial charge on any atom is -0.354 e. The van der Waals surface area contributed by atoms with E-state index in [4.69, 9.17) is 0 Å². The van der Waals surface area contributed by atoms with Crippen molar-refractivity contribution in [3.8, 4) is 5.82 Å². The molecule has 0 radical (unpaired) electrons. The number of hydrogen-bond donors (Lipinski definition) is 0. The van der Waals surface area contributed by atoms with Gasteiger partial charge < -0.3 is 4.90 Å². The van der Waals surface area contributed by atoms with E-state index >= 15 is 0 Å². The second-order valence-electron chi connectivity index (χ2n) is 6.83. The number of aryl methyl sites for hydroxylation is 1. The Labute approximate surface area is 170 Å². The number of nitrogens with zero attached hydrogens (tertiary/aromatic N) is 6. The average molecular weight is 411 g/mol. The Balaban J connectivity index is 1.41. The van der Waals surface area contributed by atoms with Crippen LogP contribution in [0.4, 0.5) is 5.82 Å². The summed E-state index contributed by atoms with van der Waals surface area (Å²) in [6.45, 7) is 3.93. The summed E-state index contributed by atoms with van der Waals surface area (Å²) in [4.78, 5) is 10.6. The van der Waals surface area contributed by atoms with Crippen LogP contribution in [-0.2, 0) is 10.0 Å². The van der Waals surface area contributed by atoms with E-state index in [9.17, 15) is 8.42 Å². The topological polar surface area (TPSA) is 84.2 Å². The third kappa shape index (κ3) is 4.52. The first kappa shape index (κ1) is 19.3. The van der Waals surface area contributed by atoms with Crippen molar-refractivity contribution in [1.29, 1.82) is 0 Å². The van der Waals surface area contributed by atoms with Crippen molar-refractivity contribution in [1.82, 2.24) is 24.1 Å². The summed E-state index contributed by atoms with van der Waals surface area (Å²) < 4.78 is 28.5. The van der Waals surface area contributed by atoms with Crippen LogP contribution in [0.3, 0.4) is 0 Å². The van der Waals surface area contributed by atoms with Gasteiger partial charge in [-0.25, -0.2) is 23.1 Å². The van der Waals surface area contributed by atoms with Crippen LogP contribution in [-0.4, -0.2) is 58.7 Å². The first-order valence-electron chi connectivity index (χ1n) is 9.33. The Morgan fingerprint density at radius 1 is 1.00 bits per heavy atom. The van der Waals surface area contributed by atoms with Gasteiger partial charge in [-0.3, -0.25) is 0 Å². The zero-order valence-corrected chi connectivity index (χ0v) is 16.9. The molecule has 1 aliphatic rings. The molecule has 4 rings (SSSR count). The number of aromatic nitrogens is 4. The lowest BCUT2D eigenvalue weighted by atomic mass is 10.2. The Kier molecular flexibility index (Phi) is 5.41. The van der Waals surface area contributed by atoms with Gasteiger partial charge in [0.1, 0.15) is 12.1 Å². The second-order valence-corrected chi connectivity index (χ2v) is 8.65. The van der Waals surface area contributed by atoms with Crippen LogP contribution >= 0.6 is 0 Å². The summed E-state index contributed by atoms with van der Waals surface area (Å²) in [6, 6.07) is 11.4. The fraction of sp³-hybridized carbons (Fsp3) is 0.250. The predicted octanol–water partition coefficient (Wildman–Crippen LogP) is 2.09. The van der Waals surface area contributed by atoms with Gasteiger partial charge in [0.25, 0.3) is 0 Å². The van der Waals surface area contributed by atoms with Crippen molar-refractivity contribution in [2.45, 2.75) is 6.92 Å². The van der Waals surface area contributed by atoms with Gasteiger partial charge in [0.05, 0.1) is 0 Å². The molecule has 0 aliphatic carbocycles. The van der Waals surface area contributed by atoms with Crippen molar-refractivity contribution in [2.75, 3.05) is 31.1 Å². The van der Waals surface area contributed by atoms with E-state index in [1.807, 2.05) is 49.5 Å². The number of piperazine rings is 1. The molecule has 0 saturated carbocycles. The van der Waals surface area contributed by atoms with Gasteiger partial charge >= 0.3 is 0 Å². The molecule has 0 amide bonds. The van der Waals surface area contributed by atoms with Gasteiger partial charge in [-0.1, -0.05) is 29.8 Å². The van der Waals surface area contributed by atoms with E-state index in [0.29, 0.717) is 32.0 Å².